The van der Waals surface area contributed by atoms with Crippen molar-refractivity contribution in [2.75, 3.05) is 20.3 Å². The van der Waals surface area contributed by atoms with Crippen LogP contribution in [0.15, 0.2) is 5.10 Å². The van der Waals surface area contributed by atoms with Crippen molar-refractivity contribution >= 4 is 5.96 Å². The van der Waals surface area contributed by atoms with E-state index in [1.165, 1.54) is 0 Å². The van der Waals surface area contributed by atoms with Crippen LogP contribution in [0.2, 0.25) is 0 Å². The molecule has 1 aliphatic heterocycles. The molecule has 13 heavy (non-hydrogen) atoms. The minimum absolute atomic E-state index is 0.117. The summed E-state index contributed by atoms with van der Waals surface area (Å²) in [6, 6.07) is 0.117. The molecule has 0 saturated carbocycles. The molecule has 0 bridgehead atoms. The zero-order chi connectivity index (χ0) is 9.68. The second-order valence-corrected chi connectivity index (χ2v) is 2.64. The van der Waals surface area contributed by atoms with Gasteiger partial charge in [-0.1, -0.05) is 0 Å². The average molecular weight is 188 g/mol. The fourth-order valence-electron chi connectivity index (χ4n) is 1.07. The third kappa shape index (κ3) is 3.24. The predicted molar refractivity (Wildman–Crippen MR) is 45.8 cm³/mol. The molecular formula is C6H12N4O3. The lowest BCUT2D eigenvalue weighted by Crippen LogP contribution is -2.42. The van der Waals surface area contributed by atoms with Crippen molar-refractivity contribution in [3.05, 3.63) is 10.1 Å². The average Bonchev–Trinajstić information content (AvgIpc) is 2.55. The quantitative estimate of drug-likeness (QED) is 0.254. The van der Waals surface area contributed by atoms with E-state index in [4.69, 9.17) is 4.74 Å². The Morgan fingerprint density at radius 1 is 1.77 bits per heavy atom. The molecule has 0 aromatic rings. The van der Waals surface area contributed by atoms with Crippen LogP contribution >= 0.6 is 0 Å². The molecule has 74 valence electrons. The number of nitrogens with zero attached hydrogens (tertiary/aromatic N) is 2. The monoisotopic (exact) mass is 188 g/mol. The Labute approximate surface area is 75.3 Å². The van der Waals surface area contributed by atoms with E-state index in [9.17, 15) is 10.1 Å². The Morgan fingerprint density at radius 2 is 2.54 bits per heavy atom. The van der Waals surface area contributed by atoms with Crippen LogP contribution in [0.1, 0.15) is 6.42 Å². The third-order valence-electron chi connectivity index (χ3n) is 1.69. The van der Waals surface area contributed by atoms with Gasteiger partial charge in [0.25, 0.3) is 5.96 Å². The summed E-state index contributed by atoms with van der Waals surface area (Å²) in [6.45, 7) is 1.26. The molecule has 0 aliphatic carbocycles. The largest absolute Gasteiger partial charge is 0.379 e. The predicted octanol–water partition coefficient (Wildman–Crippen LogP) is -0.868. The van der Waals surface area contributed by atoms with Crippen molar-refractivity contribution in [3.63, 3.8) is 0 Å². The maximum atomic E-state index is 10.0. The van der Waals surface area contributed by atoms with Crippen molar-refractivity contribution in [1.29, 1.82) is 0 Å². The molecule has 7 nitrogen and oxygen atoms in total. The van der Waals surface area contributed by atoms with Crippen molar-refractivity contribution < 1.29 is 9.77 Å². The highest BCUT2D eigenvalue weighted by Crippen LogP contribution is 2.02. The number of hydrogen-bond acceptors (Lipinski definition) is 3. The van der Waals surface area contributed by atoms with Crippen LogP contribution in [0.25, 0.3) is 0 Å². The van der Waals surface area contributed by atoms with Crippen LogP contribution in [-0.2, 0) is 4.74 Å². The van der Waals surface area contributed by atoms with E-state index in [1.807, 2.05) is 0 Å². The van der Waals surface area contributed by atoms with E-state index in [2.05, 4.69) is 15.7 Å². The van der Waals surface area contributed by atoms with Gasteiger partial charge >= 0.3 is 0 Å². The minimum Gasteiger partial charge on any atom is -0.379 e. The van der Waals surface area contributed by atoms with Crippen LogP contribution < -0.4 is 10.6 Å². The normalized spacial score (nSPS) is 22.8. The van der Waals surface area contributed by atoms with E-state index in [0.29, 0.717) is 13.2 Å². The lowest BCUT2D eigenvalue weighted by molar-refractivity contribution is -0.485. The van der Waals surface area contributed by atoms with Crippen LogP contribution in [0.4, 0.5) is 0 Å². The topological polar surface area (TPSA) is 88.8 Å². The maximum absolute atomic E-state index is 10.0. The highest BCUT2D eigenvalue weighted by Gasteiger charge is 2.17. The highest BCUT2D eigenvalue weighted by atomic mass is 16.7. The van der Waals surface area contributed by atoms with E-state index in [1.54, 1.807) is 7.05 Å². The fraction of sp³-hybridized carbons (Fsp3) is 0.833. The van der Waals surface area contributed by atoms with Crippen LogP contribution in [0.3, 0.4) is 0 Å². The summed E-state index contributed by atoms with van der Waals surface area (Å²) in [7, 11) is 1.57. The van der Waals surface area contributed by atoms with Gasteiger partial charge in [0, 0.05) is 13.7 Å². The molecule has 2 N–H and O–H groups in total. The summed E-state index contributed by atoms with van der Waals surface area (Å²) in [5, 5.41) is 17.9. The lowest BCUT2D eigenvalue weighted by atomic mass is 10.3. The molecular weight excluding hydrogens is 176 g/mol. The molecule has 1 aliphatic rings. The van der Waals surface area contributed by atoms with Crippen molar-refractivity contribution in [3.8, 4) is 0 Å². The van der Waals surface area contributed by atoms with Gasteiger partial charge < -0.3 is 15.4 Å². The Morgan fingerprint density at radius 3 is 3.00 bits per heavy atom. The van der Waals surface area contributed by atoms with E-state index in [-0.39, 0.29) is 12.0 Å². The van der Waals surface area contributed by atoms with Gasteiger partial charge in [0.05, 0.1) is 12.6 Å². The lowest BCUT2D eigenvalue weighted by Gasteiger charge is -2.10. The molecule has 1 unspecified atom stereocenters. The SMILES string of the molecule is CNC(=N[N+](=O)[O-])NC1CCOC1. The third-order valence-corrected chi connectivity index (χ3v) is 1.69. The van der Waals surface area contributed by atoms with Gasteiger partial charge in [0.2, 0.25) is 0 Å². The molecule has 1 rings (SSSR count). The summed E-state index contributed by atoms with van der Waals surface area (Å²) < 4.78 is 5.09. The summed E-state index contributed by atoms with van der Waals surface area (Å²) >= 11 is 0. The molecule has 0 aromatic carbocycles. The summed E-state index contributed by atoms with van der Waals surface area (Å²) in [6.07, 6.45) is 0.846. The van der Waals surface area contributed by atoms with Gasteiger partial charge in [-0.15, -0.1) is 0 Å². The van der Waals surface area contributed by atoms with Gasteiger partial charge in [0.1, 0.15) is 5.10 Å². The van der Waals surface area contributed by atoms with Crippen molar-refractivity contribution in [1.82, 2.24) is 10.6 Å². The standard InChI is InChI=1S/C6H12N4O3/c1-7-6(9-10(11)12)8-5-2-3-13-4-5/h5H,2-4H2,1H3,(H2,7,8,9). The summed E-state index contributed by atoms with van der Waals surface area (Å²) in [5.74, 6) is 0.167. The van der Waals surface area contributed by atoms with Gasteiger partial charge in [-0.25, -0.2) is 10.1 Å². The zero-order valence-corrected chi connectivity index (χ0v) is 7.32. The second kappa shape index (κ2) is 4.61. The number of guanidine groups is 1. The first-order chi connectivity index (χ1) is 6.22. The van der Waals surface area contributed by atoms with Crippen molar-refractivity contribution in [2.45, 2.75) is 12.5 Å². The highest BCUT2D eigenvalue weighted by molar-refractivity contribution is 5.79. The summed E-state index contributed by atoms with van der Waals surface area (Å²) in [4.78, 5) is 10.0. The van der Waals surface area contributed by atoms with Crippen LogP contribution in [-0.4, -0.2) is 37.3 Å². The maximum Gasteiger partial charge on any atom is 0.268 e. The van der Waals surface area contributed by atoms with Gasteiger partial charge in [0.15, 0.2) is 5.03 Å². The second-order valence-electron chi connectivity index (χ2n) is 2.64. The minimum atomic E-state index is -0.741. The molecule has 1 atom stereocenters. The van der Waals surface area contributed by atoms with E-state index < -0.39 is 5.03 Å². The van der Waals surface area contributed by atoms with Gasteiger partial charge in [-0.05, 0) is 6.42 Å². The molecule has 0 radical (unpaired) electrons. The summed E-state index contributed by atoms with van der Waals surface area (Å²) in [5.41, 5.74) is 0. The van der Waals surface area contributed by atoms with Crippen LogP contribution in [0.5, 0.6) is 0 Å². The number of hydrazone groups is 1. The van der Waals surface area contributed by atoms with Crippen molar-refractivity contribution in [2.24, 2.45) is 5.10 Å². The molecule has 7 heteroatoms. The fourth-order valence-corrected chi connectivity index (χ4v) is 1.07. The smallest absolute Gasteiger partial charge is 0.268 e. The first-order valence-corrected chi connectivity index (χ1v) is 3.97. The molecule has 0 aromatic heterocycles. The van der Waals surface area contributed by atoms with E-state index in [0.717, 1.165) is 6.42 Å². The Kier molecular flexibility index (Phi) is 3.44. The molecule has 0 amide bonds. The first kappa shape index (κ1) is 9.72. The Bertz CT molecular complexity index is 212. The number of nitro groups is 1. The van der Waals surface area contributed by atoms with E-state index >= 15 is 0 Å². The first-order valence-electron chi connectivity index (χ1n) is 3.97. The number of ether oxygens (including phenoxy) is 1. The number of rotatable bonds is 2. The molecule has 1 saturated heterocycles. The molecule has 1 heterocycles. The Hall–Kier alpha value is -1.37. The van der Waals surface area contributed by atoms with Crippen LogP contribution in [0, 0.1) is 10.1 Å². The van der Waals surface area contributed by atoms with Gasteiger partial charge in [-0.2, -0.15) is 0 Å². The molecule has 1 fully saturated rings. The zero-order valence-electron chi connectivity index (χ0n) is 7.32. The van der Waals surface area contributed by atoms with Gasteiger partial charge in [-0.3, -0.25) is 0 Å². The Balaban J connectivity index is 2.43. The molecule has 0 spiro atoms. The number of nitrogens with one attached hydrogen (secondary N) is 2. The number of hydrogen-bond donors (Lipinski definition) is 2.